The van der Waals surface area contributed by atoms with Gasteiger partial charge in [-0.3, -0.25) is 4.79 Å². The molecule has 1 amide bonds. The number of rotatable bonds is 6. The summed E-state index contributed by atoms with van der Waals surface area (Å²) in [7, 11) is 0. The van der Waals surface area contributed by atoms with E-state index in [1.165, 1.54) is 0 Å². The van der Waals surface area contributed by atoms with Crippen LogP contribution >= 0.6 is 0 Å². The van der Waals surface area contributed by atoms with Gasteiger partial charge in [-0.2, -0.15) is 5.10 Å². The molecule has 1 N–H and O–H groups in total. The quantitative estimate of drug-likeness (QED) is 0.350. The number of nitrogens with one attached hydrogen (secondary N) is 1. The Morgan fingerprint density at radius 1 is 0.939 bits per heavy atom. The Labute approximate surface area is 191 Å². The lowest BCUT2D eigenvalue weighted by atomic mass is 10.1. The van der Waals surface area contributed by atoms with Gasteiger partial charge < -0.3 is 14.2 Å². The number of carbonyl (C=O) groups excluding carboxylic acids is 1. The van der Waals surface area contributed by atoms with E-state index in [2.05, 4.69) is 10.5 Å². The highest BCUT2D eigenvalue weighted by atomic mass is 16.6. The van der Waals surface area contributed by atoms with Gasteiger partial charge in [0.1, 0.15) is 19.0 Å². The zero-order chi connectivity index (χ0) is 22.5. The van der Waals surface area contributed by atoms with Crippen molar-refractivity contribution >= 4 is 22.9 Å². The molecule has 6 nitrogen and oxygen atoms in total. The molecule has 0 radical (unpaired) electrons. The fraction of sp³-hybridized carbons (Fsp3) is 0.111. The van der Waals surface area contributed by atoms with Crippen LogP contribution in [0.2, 0.25) is 0 Å². The van der Waals surface area contributed by atoms with Gasteiger partial charge >= 0.3 is 0 Å². The third-order valence-electron chi connectivity index (χ3n) is 5.26. The number of hydrogen-bond acceptors (Lipinski definition) is 5. The molecule has 6 heteroatoms. The van der Waals surface area contributed by atoms with Gasteiger partial charge in [0, 0.05) is 0 Å². The van der Waals surface area contributed by atoms with Gasteiger partial charge in [-0.25, -0.2) is 5.43 Å². The lowest BCUT2D eigenvalue weighted by molar-refractivity contribution is -0.130. The molecule has 5 rings (SSSR count). The van der Waals surface area contributed by atoms with Crippen molar-refractivity contribution in [2.45, 2.75) is 12.7 Å². The number of hydrazone groups is 1. The van der Waals surface area contributed by atoms with Gasteiger partial charge in [-0.15, -0.1) is 0 Å². The number of hydrogen-bond donors (Lipinski definition) is 1. The first kappa shape index (κ1) is 20.6. The van der Waals surface area contributed by atoms with Crippen LogP contribution in [0.25, 0.3) is 10.8 Å². The number of ether oxygens (including phenoxy) is 3. The third kappa shape index (κ3) is 4.96. The highest BCUT2D eigenvalue weighted by molar-refractivity contribution is 5.88. The second-order valence-electron chi connectivity index (χ2n) is 7.64. The van der Waals surface area contributed by atoms with E-state index in [0.29, 0.717) is 18.1 Å². The predicted octanol–water partition coefficient (Wildman–Crippen LogP) is 4.71. The van der Waals surface area contributed by atoms with E-state index >= 15 is 0 Å². The first-order chi connectivity index (χ1) is 16.2. The third-order valence-corrected chi connectivity index (χ3v) is 5.26. The van der Waals surface area contributed by atoms with Crippen LogP contribution in [0.4, 0.5) is 0 Å². The summed E-state index contributed by atoms with van der Waals surface area (Å²) in [6, 6.07) is 29.2. The maximum atomic E-state index is 12.5. The first-order valence-corrected chi connectivity index (χ1v) is 10.7. The minimum Gasteiger partial charge on any atom is -0.489 e. The van der Waals surface area contributed by atoms with Crippen LogP contribution in [0.15, 0.2) is 96.1 Å². The van der Waals surface area contributed by atoms with Gasteiger partial charge in [0.15, 0.2) is 11.5 Å². The summed E-state index contributed by atoms with van der Waals surface area (Å²) in [5.74, 6) is 1.53. The first-order valence-electron chi connectivity index (χ1n) is 10.7. The molecule has 1 aliphatic rings. The minimum absolute atomic E-state index is 0.121. The Kier molecular flexibility index (Phi) is 5.89. The average molecular weight is 438 g/mol. The van der Waals surface area contributed by atoms with Crippen molar-refractivity contribution < 1.29 is 19.0 Å². The number of benzene rings is 4. The average Bonchev–Trinajstić information content (AvgIpc) is 2.86. The van der Waals surface area contributed by atoms with E-state index in [9.17, 15) is 4.79 Å². The van der Waals surface area contributed by atoms with E-state index in [0.717, 1.165) is 27.6 Å². The smallest absolute Gasteiger partial charge is 0.284 e. The SMILES string of the molecule is O=C(NN=Cc1cccc(OCc2ccccc2)c1)C1COc2cc3ccccc3cc2O1. The van der Waals surface area contributed by atoms with Crippen molar-refractivity contribution in [3.8, 4) is 17.2 Å². The Hall–Kier alpha value is -4.32. The molecule has 0 spiro atoms. The summed E-state index contributed by atoms with van der Waals surface area (Å²) in [5.41, 5.74) is 4.43. The predicted molar refractivity (Wildman–Crippen MR) is 127 cm³/mol. The molecule has 1 aliphatic heterocycles. The van der Waals surface area contributed by atoms with Crippen molar-refractivity contribution in [2.75, 3.05) is 6.61 Å². The molecule has 33 heavy (non-hydrogen) atoms. The van der Waals surface area contributed by atoms with Gasteiger partial charge in [0.25, 0.3) is 5.91 Å². The highest BCUT2D eigenvalue weighted by Gasteiger charge is 2.27. The zero-order valence-corrected chi connectivity index (χ0v) is 17.8. The Bertz CT molecular complexity index is 1300. The van der Waals surface area contributed by atoms with Crippen LogP contribution in [0.3, 0.4) is 0 Å². The summed E-state index contributed by atoms with van der Waals surface area (Å²) in [6.45, 7) is 0.601. The molecule has 1 heterocycles. The van der Waals surface area contributed by atoms with E-state index in [1.807, 2.05) is 91.0 Å². The van der Waals surface area contributed by atoms with Crippen molar-refractivity contribution in [1.29, 1.82) is 0 Å². The van der Waals surface area contributed by atoms with Gasteiger partial charge in [-0.05, 0) is 46.2 Å². The molecular formula is C27H22N2O4. The molecule has 0 saturated carbocycles. The fourth-order valence-electron chi connectivity index (χ4n) is 3.55. The molecule has 4 aromatic carbocycles. The number of nitrogens with zero attached hydrogens (tertiary/aromatic N) is 1. The molecule has 0 aromatic heterocycles. The van der Waals surface area contributed by atoms with E-state index < -0.39 is 6.10 Å². The molecule has 164 valence electrons. The second-order valence-corrected chi connectivity index (χ2v) is 7.64. The molecule has 0 saturated heterocycles. The maximum Gasteiger partial charge on any atom is 0.284 e. The summed E-state index contributed by atoms with van der Waals surface area (Å²) < 4.78 is 17.5. The lowest BCUT2D eigenvalue weighted by Gasteiger charge is -2.25. The molecule has 1 atom stereocenters. The summed E-state index contributed by atoms with van der Waals surface area (Å²) in [6.07, 6.45) is 0.787. The van der Waals surface area contributed by atoms with Crippen molar-refractivity contribution in [3.63, 3.8) is 0 Å². The molecule has 0 fully saturated rings. The molecule has 0 bridgehead atoms. The zero-order valence-electron chi connectivity index (χ0n) is 17.8. The highest BCUT2D eigenvalue weighted by Crippen LogP contribution is 2.35. The summed E-state index contributed by atoms with van der Waals surface area (Å²) in [5, 5.41) is 6.15. The van der Waals surface area contributed by atoms with Gasteiger partial charge in [0.2, 0.25) is 6.10 Å². The van der Waals surface area contributed by atoms with Crippen molar-refractivity contribution in [2.24, 2.45) is 5.10 Å². The topological polar surface area (TPSA) is 69.2 Å². The van der Waals surface area contributed by atoms with Crippen LogP contribution in [0.5, 0.6) is 17.2 Å². The van der Waals surface area contributed by atoms with E-state index in [1.54, 1.807) is 6.21 Å². The molecule has 1 unspecified atom stereocenters. The van der Waals surface area contributed by atoms with Crippen LogP contribution in [-0.2, 0) is 11.4 Å². The van der Waals surface area contributed by atoms with Crippen LogP contribution in [0, 0.1) is 0 Å². The monoisotopic (exact) mass is 438 g/mol. The Morgan fingerprint density at radius 3 is 2.52 bits per heavy atom. The second kappa shape index (κ2) is 9.44. The minimum atomic E-state index is -0.781. The number of carbonyl (C=O) groups is 1. The standard InChI is InChI=1S/C27H22N2O4/c30-27(26-18-32-24-14-21-10-4-5-11-22(21)15-25(24)33-26)29-28-16-20-9-6-12-23(13-20)31-17-19-7-2-1-3-8-19/h1-16,26H,17-18H2,(H,29,30). The number of fused-ring (bicyclic) bond motifs is 2. The summed E-state index contributed by atoms with van der Waals surface area (Å²) in [4.78, 5) is 12.5. The molecule has 0 aliphatic carbocycles. The normalized spacial score (nSPS) is 14.8. The van der Waals surface area contributed by atoms with Crippen LogP contribution < -0.4 is 19.6 Å². The molecule has 4 aromatic rings. The van der Waals surface area contributed by atoms with Gasteiger partial charge in [-0.1, -0.05) is 66.7 Å². The number of amides is 1. The Balaban J connectivity index is 1.18. The lowest BCUT2D eigenvalue weighted by Crippen LogP contribution is -2.42. The van der Waals surface area contributed by atoms with E-state index in [-0.39, 0.29) is 12.5 Å². The fourth-order valence-corrected chi connectivity index (χ4v) is 3.55. The van der Waals surface area contributed by atoms with Gasteiger partial charge in [0.05, 0.1) is 6.21 Å². The van der Waals surface area contributed by atoms with Crippen molar-refractivity contribution in [1.82, 2.24) is 5.43 Å². The van der Waals surface area contributed by atoms with E-state index in [4.69, 9.17) is 14.2 Å². The summed E-state index contributed by atoms with van der Waals surface area (Å²) >= 11 is 0. The van der Waals surface area contributed by atoms with Crippen LogP contribution in [-0.4, -0.2) is 24.8 Å². The van der Waals surface area contributed by atoms with Crippen molar-refractivity contribution in [3.05, 3.63) is 102 Å². The maximum absolute atomic E-state index is 12.5. The Morgan fingerprint density at radius 2 is 1.70 bits per heavy atom. The molecular weight excluding hydrogens is 416 g/mol. The van der Waals surface area contributed by atoms with Crippen LogP contribution in [0.1, 0.15) is 11.1 Å². The largest absolute Gasteiger partial charge is 0.489 e.